The topological polar surface area (TPSA) is 43.8 Å². The smallest absolute Gasteiger partial charge is 0.0669 e. The zero-order chi connectivity index (χ0) is 12.3. The van der Waals surface area contributed by atoms with Crippen LogP contribution in [-0.4, -0.2) is 9.78 Å². The third kappa shape index (κ3) is 2.96. The van der Waals surface area contributed by atoms with Crippen LogP contribution in [0.1, 0.15) is 36.2 Å². The van der Waals surface area contributed by atoms with Gasteiger partial charge in [0, 0.05) is 24.8 Å². The highest BCUT2D eigenvalue weighted by Crippen LogP contribution is 2.21. The van der Waals surface area contributed by atoms with Crippen LogP contribution in [0, 0.1) is 0 Å². The van der Waals surface area contributed by atoms with Gasteiger partial charge in [-0.15, -0.1) is 0 Å². The Morgan fingerprint density at radius 2 is 2.35 bits per heavy atom. The van der Waals surface area contributed by atoms with E-state index in [9.17, 15) is 0 Å². The van der Waals surface area contributed by atoms with Crippen LogP contribution in [0.2, 0.25) is 0 Å². The maximum Gasteiger partial charge on any atom is 0.0669 e. The van der Waals surface area contributed by atoms with Gasteiger partial charge in [-0.3, -0.25) is 4.68 Å². The van der Waals surface area contributed by atoms with Crippen molar-refractivity contribution in [3.63, 3.8) is 0 Å². The summed E-state index contributed by atoms with van der Waals surface area (Å²) in [6.07, 6.45) is 5.03. The Morgan fingerprint density at radius 3 is 3.00 bits per heavy atom. The highest BCUT2D eigenvalue weighted by atomic mass is 32.1. The molecule has 0 aliphatic carbocycles. The number of aromatic nitrogens is 2. The van der Waals surface area contributed by atoms with Gasteiger partial charge in [-0.2, -0.15) is 16.4 Å². The lowest BCUT2D eigenvalue weighted by Gasteiger charge is -2.10. The van der Waals surface area contributed by atoms with Crippen molar-refractivity contribution in [2.24, 2.45) is 12.8 Å². The molecule has 4 heteroatoms. The van der Waals surface area contributed by atoms with E-state index in [1.165, 1.54) is 11.1 Å². The third-order valence-corrected chi connectivity index (χ3v) is 3.73. The van der Waals surface area contributed by atoms with Crippen LogP contribution in [0.25, 0.3) is 0 Å². The van der Waals surface area contributed by atoms with E-state index < -0.39 is 0 Å². The van der Waals surface area contributed by atoms with E-state index in [1.54, 1.807) is 11.3 Å². The van der Waals surface area contributed by atoms with Crippen molar-refractivity contribution in [1.82, 2.24) is 9.78 Å². The number of rotatable bonds is 5. The van der Waals surface area contributed by atoms with Gasteiger partial charge in [-0.1, -0.05) is 6.92 Å². The molecular weight excluding hydrogens is 230 g/mol. The molecule has 17 heavy (non-hydrogen) atoms. The normalized spacial score (nSPS) is 12.9. The Labute approximate surface area is 106 Å². The van der Waals surface area contributed by atoms with E-state index in [-0.39, 0.29) is 6.04 Å². The minimum atomic E-state index is 0.0959. The second-order valence-corrected chi connectivity index (χ2v) is 5.12. The molecule has 2 heterocycles. The van der Waals surface area contributed by atoms with Crippen molar-refractivity contribution in [2.45, 2.75) is 32.2 Å². The Hall–Kier alpha value is -1.13. The summed E-state index contributed by atoms with van der Waals surface area (Å²) in [5, 5.41) is 8.74. The summed E-state index contributed by atoms with van der Waals surface area (Å²) in [5.74, 6) is 0. The standard InChI is InChI=1S/C13H19N3S/c1-3-13-11(8-16(2)15-13)12(14)5-4-10-6-7-17-9-10/h6-9,12H,3-5,14H2,1-2H3. The molecular formula is C13H19N3S. The molecule has 0 saturated heterocycles. The quantitative estimate of drug-likeness (QED) is 0.885. The Kier molecular flexibility index (Phi) is 3.97. The highest BCUT2D eigenvalue weighted by Gasteiger charge is 2.13. The van der Waals surface area contributed by atoms with E-state index in [4.69, 9.17) is 5.73 Å². The Bertz CT molecular complexity index is 459. The summed E-state index contributed by atoms with van der Waals surface area (Å²) < 4.78 is 1.86. The average Bonchev–Trinajstić information content (AvgIpc) is 2.94. The molecule has 1 atom stereocenters. The van der Waals surface area contributed by atoms with Crippen LogP contribution < -0.4 is 5.73 Å². The van der Waals surface area contributed by atoms with Gasteiger partial charge in [0.05, 0.1) is 5.69 Å². The number of nitrogens with zero attached hydrogens (tertiary/aromatic N) is 2. The van der Waals surface area contributed by atoms with Crippen molar-refractivity contribution < 1.29 is 0 Å². The highest BCUT2D eigenvalue weighted by molar-refractivity contribution is 7.07. The predicted octanol–water partition coefficient (Wildman–Crippen LogP) is 2.68. The first kappa shape index (κ1) is 12.3. The molecule has 2 N–H and O–H groups in total. The molecule has 1 unspecified atom stereocenters. The van der Waals surface area contributed by atoms with Crippen LogP contribution in [0.5, 0.6) is 0 Å². The fraction of sp³-hybridized carbons (Fsp3) is 0.462. The van der Waals surface area contributed by atoms with Crippen molar-refractivity contribution in [3.05, 3.63) is 39.8 Å². The van der Waals surface area contributed by atoms with Gasteiger partial charge in [0.25, 0.3) is 0 Å². The van der Waals surface area contributed by atoms with E-state index in [0.29, 0.717) is 0 Å². The van der Waals surface area contributed by atoms with E-state index in [2.05, 4.69) is 35.0 Å². The van der Waals surface area contributed by atoms with Crippen LogP contribution in [0.4, 0.5) is 0 Å². The number of aryl methyl sites for hydroxylation is 3. The summed E-state index contributed by atoms with van der Waals surface area (Å²) in [4.78, 5) is 0. The first-order chi connectivity index (χ1) is 8.20. The number of nitrogens with two attached hydrogens (primary N) is 1. The molecule has 0 saturated carbocycles. The molecule has 0 fully saturated rings. The monoisotopic (exact) mass is 249 g/mol. The molecule has 2 rings (SSSR count). The lowest BCUT2D eigenvalue weighted by molar-refractivity contribution is 0.645. The zero-order valence-corrected chi connectivity index (χ0v) is 11.2. The first-order valence-corrected chi connectivity index (χ1v) is 6.94. The molecule has 2 aromatic rings. The van der Waals surface area contributed by atoms with Crippen molar-refractivity contribution in [1.29, 1.82) is 0 Å². The summed E-state index contributed by atoms with van der Waals surface area (Å²) >= 11 is 1.74. The van der Waals surface area contributed by atoms with E-state index in [1.807, 2.05) is 11.7 Å². The van der Waals surface area contributed by atoms with Crippen molar-refractivity contribution in [3.8, 4) is 0 Å². The lowest BCUT2D eigenvalue weighted by atomic mass is 10.0. The molecule has 0 aliphatic heterocycles. The summed E-state index contributed by atoms with van der Waals surface area (Å²) in [6, 6.07) is 2.26. The maximum absolute atomic E-state index is 6.25. The van der Waals surface area contributed by atoms with E-state index >= 15 is 0 Å². The van der Waals surface area contributed by atoms with Crippen LogP contribution >= 0.6 is 11.3 Å². The molecule has 0 bridgehead atoms. The molecule has 2 aromatic heterocycles. The van der Waals surface area contributed by atoms with Gasteiger partial charge < -0.3 is 5.73 Å². The summed E-state index contributed by atoms with van der Waals surface area (Å²) in [7, 11) is 1.95. The SMILES string of the molecule is CCc1nn(C)cc1C(N)CCc1ccsc1. The van der Waals surface area contributed by atoms with Gasteiger partial charge in [-0.05, 0) is 41.7 Å². The van der Waals surface area contributed by atoms with Crippen molar-refractivity contribution >= 4 is 11.3 Å². The fourth-order valence-electron chi connectivity index (χ4n) is 2.05. The van der Waals surface area contributed by atoms with Gasteiger partial charge in [0.15, 0.2) is 0 Å². The average molecular weight is 249 g/mol. The summed E-state index contributed by atoms with van der Waals surface area (Å²) in [5.41, 5.74) is 9.96. The van der Waals surface area contributed by atoms with Crippen LogP contribution in [0.3, 0.4) is 0 Å². The zero-order valence-electron chi connectivity index (χ0n) is 10.4. The van der Waals surface area contributed by atoms with Gasteiger partial charge in [0.2, 0.25) is 0 Å². The lowest BCUT2D eigenvalue weighted by Crippen LogP contribution is -2.12. The predicted molar refractivity (Wildman–Crippen MR) is 72.2 cm³/mol. The molecule has 0 aromatic carbocycles. The maximum atomic E-state index is 6.25. The molecule has 92 valence electrons. The third-order valence-electron chi connectivity index (χ3n) is 3.00. The van der Waals surface area contributed by atoms with Gasteiger partial charge in [-0.25, -0.2) is 0 Å². The second kappa shape index (κ2) is 5.47. The molecule has 0 spiro atoms. The second-order valence-electron chi connectivity index (χ2n) is 4.34. The largest absolute Gasteiger partial charge is 0.324 e. The molecule has 0 radical (unpaired) electrons. The minimum Gasteiger partial charge on any atom is -0.324 e. The van der Waals surface area contributed by atoms with Gasteiger partial charge in [0.1, 0.15) is 0 Å². The molecule has 0 aliphatic rings. The first-order valence-electron chi connectivity index (χ1n) is 5.99. The van der Waals surface area contributed by atoms with Gasteiger partial charge >= 0.3 is 0 Å². The van der Waals surface area contributed by atoms with Crippen LogP contribution in [-0.2, 0) is 19.9 Å². The Balaban J connectivity index is 2.01. The minimum absolute atomic E-state index is 0.0959. The van der Waals surface area contributed by atoms with Crippen molar-refractivity contribution in [2.75, 3.05) is 0 Å². The molecule has 0 amide bonds. The number of thiophene rings is 1. The van der Waals surface area contributed by atoms with Crippen LogP contribution in [0.15, 0.2) is 23.0 Å². The van der Waals surface area contributed by atoms with E-state index in [0.717, 1.165) is 25.0 Å². The Morgan fingerprint density at radius 1 is 1.53 bits per heavy atom. The fourth-order valence-corrected chi connectivity index (χ4v) is 2.75. The molecule has 3 nitrogen and oxygen atoms in total. The number of hydrogen-bond acceptors (Lipinski definition) is 3. The number of hydrogen-bond donors (Lipinski definition) is 1. The summed E-state index contributed by atoms with van der Waals surface area (Å²) in [6.45, 7) is 2.12.